The molecule has 19 heavy (non-hydrogen) atoms. The highest BCUT2D eigenvalue weighted by Crippen LogP contribution is 2.19. The summed E-state index contributed by atoms with van der Waals surface area (Å²) in [7, 11) is 0. The van der Waals surface area contributed by atoms with E-state index in [9.17, 15) is 0 Å². The van der Waals surface area contributed by atoms with Crippen LogP contribution in [0.1, 0.15) is 38.7 Å². The summed E-state index contributed by atoms with van der Waals surface area (Å²) < 4.78 is 0. The zero-order chi connectivity index (χ0) is 13.5. The number of hydrogen-bond acceptors (Lipinski definition) is 2. The van der Waals surface area contributed by atoms with Crippen LogP contribution in [0.25, 0.3) is 10.8 Å². The van der Waals surface area contributed by atoms with Crippen molar-refractivity contribution in [1.82, 2.24) is 10.3 Å². The van der Waals surface area contributed by atoms with Crippen LogP contribution in [0.15, 0.2) is 36.7 Å². The fraction of sp³-hybridized carbons (Fsp3) is 0.471. The Morgan fingerprint density at radius 2 is 2.11 bits per heavy atom. The molecule has 2 aromatic rings. The van der Waals surface area contributed by atoms with Crippen LogP contribution in [-0.4, -0.2) is 17.6 Å². The molecule has 0 saturated heterocycles. The number of rotatable bonds is 7. The summed E-state index contributed by atoms with van der Waals surface area (Å²) in [5.74, 6) is 0. The van der Waals surface area contributed by atoms with E-state index in [4.69, 9.17) is 0 Å². The minimum absolute atomic E-state index is 0.636. The van der Waals surface area contributed by atoms with E-state index in [2.05, 4.69) is 48.4 Å². The van der Waals surface area contributed by atoms with Crippen molar-refractivity contribution >= 4 is 10.8 Å². The van der Waals surface area contributed by atoms with E-state index < -0.39 is 0 Å². The first-order valence-corrected chi connectivity index (χ1v) is 7.40. The lowest BCUT2D eigenvalue weighted by atomic mass is 9.99. The second kappa shape index (κ2) is 7.25. The standard InChI is InChI=1S/C17H24N2/c1-3-11-19-16(4-2)9-8-14-6-5-7-15-13-18-12-10-17(14)15/h5-7,10,12-13,16,19H,3-4,8-9,11H2,1-2H3. The predicted molar refractivity (Wildman–Crippen MR) is 82.4 cm³/mol. The van der Waals surface area contributed by atoms with E-state index in [-0.39, 0.29) is 0 Å². The van der Waals surface area contributed by atoms with Gasteiger partial charge in [0.1, 0.15) is 0 Å². The summed E-state index contributed by atoms with van der Waals surface area (Å²) in [6, 6.07) is 9.29. The number of hydrogen-bond donors (Lipinski definition) is 1. The fourth-order valence-electron chi connectivity index (χ4n) is 2.54. The molecular formula is C17H24N2. The van der Waals surface area contributed by atoms with Crippen molar-refractivity contribution in [3.05, 3.63) is 42.2 Å². The van der Waals surface area contributed by atoms with Crippen LogP contribution in [0.2, 0.25) is 0 Å². The van der Waals surface area contributed by atoms with Gasteiger partial charge in [0, 0.05) is 23.8 Å². The van der Waals surface area contributed by atoms with Crippen LogP contribution in [0.5, 0.6) is 0 Å². The number of fused-ring (bicyclic) bond motifs is 1. The van der Waals surface area contributed by atoms with Gasteiger partial charge in [-0.05, 0) is 49.2 Å². The molecule has 1 aromatic heterocycles. The zero-order valence-electron chi connectivity index (χ0n) is 12.0. The molecule has 1 atom stereocenters. The average Bonchev–Trinajstić information content (AvgIpc) is 2.47. The number of aromatic nitrogens is 1. The highest BCUT2D eigenvalue weighted by atomic mass is 14.9. The predicted octanol–water partition coefficient (Wildman–Crippen LogP) is 3.95. The van der Waals surface area contributed by atoms with Crippen LogP contribution in [0.4, 0.5) is 0 Å². The maximum absolute atomic E-state index is 4.19. The first-order chi connectivity index (χ1) is 9.35. The molecule has 0 radical (unpaired) electrons. The van der Waals surface area contributed by atoms with Crippen molar-refractivity contribution in [2.45, 2.75) is 45.6 Å². The van der Waals surface area contributed by atoms with Gasteiger partial charge in [-0.15, -0.1) is 0 Å². The van der Waals surface area contributed by atoms with Crippen LogP contribution in [0, 0.1) is 0 Å². The summed E-state index contributed by atoms with van der Waals surface area (Å²) in [6.07, 6.45) is 8.58. The zero-order valence-corrected chi connectivity index (χ0v) is 12.0. The van der Waals surface area contributed by atoms with Crippen molar-refractivity contribution in [3.63, 3.8) is 0 Å². The molecule has 0 bridgehead atoms. The molecule has 0 fully saturated rings. The lowest BCUT2D eigenvalue weighted by Gasteiger charge is -2.17. The first kappa shape index (κ1) is 14.0. The Labute approximate surface area is 116 Å². The van der Waals surface area contributed by atoms with Crippen molar-refractivity contribution < 1.29 is 0 Å². The molecule has 0 amide bonds. The number of benzene rings is 1. The molecule has 2 nitrogen and oxygen atoms in total. The van der Waals surface area contributed by atoms with E-state index in [1.54, 1.807) is 0 Å². The number of nitrogens with zero attached hydrogens (tertiary/aromatic N) is 1. The van der Waals surface area contributed by atoms with Crippen LogP contribution < -0.4 is 5.32 Å². The molecule has 1 unspecified atom stereocenters. The van der Waals surface area contributed by atoms with Crippen LogP contribution in [-0.2, 0) is 6.42 Å². The summed E-state index contributed by atoms with van der Waals surface area (Å²) in [5.41, 5.74) is 1.44. The molecule has 1 aromatic carbocycles. The Morgan fingerprint density at radius 1 is 1.21 bits per heavy atom. The summed E-state index contributed by atoms with van der Waals surface area (Å²) >= 11 is 0. The Morgan fingerprint density at radius 3 is 2.89 bits per heavy atom. The highest BCUT2D eigenvalue weighted by Gasteiger charge is 2.07. The minimum atomic E-state index is 0.636. The lowest BCUT2D eigenvalue weighted by molar-refractivity contribution is 0.469. The Hall–Kier alpha value is -1.41. The molecule has 0 aliphatic rings. The number of nitrogens with one attached hydrogen (secondary N) is 1. The lowest BCUT2D eigenvalue weighted by Crippen LogP contribution is -2.29. The van der Waals surface area contributed by atoms with Crippen LogP contribution >= 0.6 is 0 Å². The third-order valence-corrected chi connectivity index (χ3v) is 3.71. The van der Waals surface area contributed by atoms with Gasteiger partial charge in [-0.25, -0.2) is 0 Å². The number of aryl methyl sites for hydroxylation is 1. The largest absolute Gasteiger partial charge is 0.314 e. The van der Waals surface area contributed by atoms with Gasteiger partial charge in [-0.1, -0.05) is 32.0 Å². The second-order valence-electron chi connectivity index (χ2n) is 5.11. The summed E-state index contributed by atoms with van der Waals surface area (Å²) in [5, 5.41) is 6.22. The van der Waals surface area contributed by atoms with Gasteiger partial charge in [0.05, 0.1) is 0 Å². The molecule has 1 N–H and O–H groups in total. The third-order valence-electron chi connectivity index (χ3n) is 3.71. The van der Waals surface area contributed by atoms with Crippen molar-refractivity contribution in [2.24, 2.45) is 0 Å². The van der Waals surface area contributed by atoms with E-state index in [1.165, 1.54) is 35.6 Å². The summed E-state index contributed by atoms with van der Waals surface area (Å²) in [6.45, 7) is 5.61. The van der Waals surface area contributed by atoms with E-state index in [0.717, 1.165) is 13.0 Å². The van der Waals surface area contributed by atoms with Crippen molar-refractivity contribution in [1.29, 1.82) is 0 Å². The molecule has 2 heteroatoms. The Bertz CT molecular complexity index is 502. The quantitative estimate of drug-likeness (QED) is 0.811. The fourth-order valence-corrected chi connectivity index (χ4v) is 2.54. The van der Waals surface area contributed by atoms with E-state index in [0.29, 0.717) is 6.04 Å². The maximum atomic E-state index is 4.19. The van der Waals surface area contributed by atoms with E-state index in [1.807, 2.05) is 12.4 Å². The minimum Gasteiger partial charge on any atom is -0.314 e. The number of pyridine rings is 1. The third kappa shape index (κ3) is 3.77. The molecular weight excluding hydrogens is 232 g/mol. The SMILES string of the molecule is CCCNC(CC)CCc1cccc2cnccc12. The van der Waals surface area contributed by atoms with Gasteiger partial charge in [0.2, 0.25) is 0 Å². The van der Waals surface area contributed by atoms with Gasteiger partial charge in [0.15, 0.2) is 0 Å². The van der Waals surface area contributed by atoms with Gasteiger partial charge in [-0.2, -0.15) is 0 Å². The second-order valence-corrected chi connectivity index (χ2v) is 5.11. The van der Waals surface area contributed by atoms with Crippen LogP contribution in [0.3, 0.4) is 0 Å². The molecule has 0 aliphatic carbocycles. The molecule has 0 spiro atoms. The average molecular weight is 256 g/mol. The smallest absolute Gasteiger partial charge is 0.0346 e. The first-order valence-electron chi connectivity index (χ1n) is 7.40. The maximum Gasteiger partial charge on any atom is 0.0346 e. The molecule has 0 saturated carbocycles. The molecule has 1 heterocycles. The summed E-state index contributed by atoms with van der Waals surface area (Å²) in [4.78, 5) is 4.19. The highest BCUT2D eigenvalue weighted by molar-refractivity contribution is 5.84. The van der Waals surface area contributed by atoms with E-state index >= 15 is 0 Å². The topological polar surface area (TPSA) is 24.9 Å². The monoisotopic (exact) mass is 256 g/mol. The van der Waals surface area contributed by atoms with Gasteiger partial charge >= 0.3 is 0 Å². The van der Waals surface area contributed by atoms with Gasteiger partial charge < -0.3 is 5.32 Å². The van der Waals surface area contributed by atoms with Gasteiger partial charge in [0.25, 0.3) is 0 Å². The van der Waals surface area contributed by atoms with Gasteiger partial charge in [-0.3, -0.25) is 4.98 Å². The Balaban J connectivity index is 2.04. The van der Waals surface area contributed by atoms with Crippen molar-refractivity contribution in [3.8, 4) is 0 Å². The molecule has 2 rings (SSSR count). The van der Waals surface area contributed by atoms with Crippen molar-refractivity contribution in [2.75, 3.05) is 6.54 Å². The Kier molecular flexibility index (Phi) is 5.34. The molecule has 0 aliphatic heterocycles. The normalized spacial score (nSPS) is 12.7. The molecule has 102 valence electrons.